The summed E-state index contributed by atoms with van der Waals surface area (Å²) in [6.45, 7) is 2.04. The van der Waals surface area contributed by atoms with Gasteiger partial charge in [0.2, 0.25) is 0 Å². The number of nitrogens with two attached hydrogens (primary N) is 1. The molecule has 1 unspecified atom stereocenters. The molecule has 0 aliphatic carbocycles. The number of ether oxygens (including phenoxy) is 1. The van der Waals surface area contributed by atoms with Crippen molar-refractivity contribution in [1.82, 2.24) is 5.43 Å². The van der Waals surface area contributed by atoms with Crippen LogP contribution in [0.5, 0.6) is 5.75 Å². The molecule has 0 saturated carbocycles. The molecular formula is C14H17BrN2OS. The van der Waals surface area contributed by atoms with Crippen LogP contribution in [-0.2, 0) is 6.42 Å². The Bertz CT molecular complexity index is 556. The average molecular weight is 341 g/mol. The number of hydrogen-bond donors (Lipinski definition) is 2. The molecule has 1 atom stereocenters. The van der Waals surface area contributed by atoms with Gasteiger partial charge in [-0.1, -0.05) is 12.1 Å². The molecule has 3 N–H and O–H groups in total. The Labute approximate surface area is 125 Å². The molecule has 0 amide bonds. The summed E-state index contributed by atoms with van der Waals surface area (Å²) in [7, 11) is 1.68. The number of hydrogen-bond acceptors (Lipinski definition) is 4. The summed E-state index contributed by atoms with van der Waals surface area (Å²) in [5.41, 5.74) is 5.18. The molecule has 19 heavy (non-hydrogen) atoms. The van der Waals surface area contributed by atoms with Crippen LogP contribution in [0.2, 0.25) is 0 Å². The molecule has 0 bridgehead atoms. The normalized spacial score (nSPS) is 12.4. The fourth-order valence-electron chi connectivity index (χ4n) is 2.05. The Kier molecular flexibility index (Phi) is 4.99. The molecule has 0 spiro atoms. The minimum atomic E-state index is 0.107. The number of nitrogens with one attached hydrogen (secondary N) is 1. The summed E-state index contributed by atoms with van der Waals surface area (Å²) in [5.74, 6) is 6.59. The number of benzene rings is 1. The highest BCUT2D eigenvalue weighted by atomic mass is 79.9. The molecule has 5 heteroatoms. The van der Waals surface area contributed by atoms with Crippen molar-refractivity contribution in [2.75, 3.05) is 7.11 Å². The lowest BCUT2D eigenvalue weighted by molar-refractivity contribution is 0.411. The second-order valence-corrected chi connectivity index (χ2v) is 6.91. The Morgan fingerprint density at radius 2 is 2.16 bits per heavy atom. The summed E-state index contributed by atoms with van der Waals surface area (Å²) in [6.07, 6.45) is 0.874. The van der Waals surface area contributed by atoms with Crippen LogP contribution in [0.4, 0.5) is 0 Å². The Hall–Kier alpha value is -0.880. The third kappa shape index (κ3) is 3.57. The fourth-order valence-corrected chi connectivity index (χ4v) is 3.58. The summed E-state index contributed by atoms with van der Waals surface area (Å²) in [4.78, 5) is 1.29. The Morgan fingerprint density at radius 1 is 1.37 bits per heavy atom. The zero-order valence-corrected chi connectivity index (χ0v) is 13.3. The first-order valence-electron chi connectivity index (χ1n) is 5.99. The molecule has 2 rings (SSSR count). The smallest absolute Gasteiger partial charge is 0.121 e. The zero-order chi connectivity index (χ0) is 13.8. The average Bonchev–Trinajstić information content (AvgIpc) is 2.81. The second kappa shape index (κ2) is 6.52. The first-order chi connectivity index (χ1) is 9.13. The topological polar surface area (TPSA) is 47.3 Å². The number of halogens is 1. The van der Waals surface area contributed by atoms with Crippen LogP contribution in [0.1, 0.15) is 22.0 Å². The molecule has 0 fully saturated rings. The summed E-state index contributed by atoms with van der Waals surface area (Å²) in [5, 5.41) is 0. The van der Waals surface area contributed by atoms with Crippen LogP contribution >= 0.6 is 27.3 Å². The summed E-state index contributed by atoms with van der Waals surface area (Å²) in [6, 6.07) is 10.4. The molecule has 1 aromatic heterocycles. The van der Waals surface area contributed by atoms with Gasteiger partial charge in [-0.3, -0.25) is 11.3 Å². The standard InChI is InChI=1S/C14H17BrN2OS/c1-9-7-10(3-5-13(9)18-2)12(17-16)8-11-4-6-14(15)19-11/h3-7,12,17H,8,16H2,1-2H3. The minimum Gasteiger partial charge on any atom is -0.496 e. The van der Waals surface area contributed by atoms with E-state index in [9.17, 15) is 0 Å². The van der Waals surface area contributed by atoms with Gasteiger partial charge in [-0.15, -0.1) is 11.3 Å². The molecule has 0 saturated heterocycles. The van der Waals surface area contributed by atoms with Gasteiger partial charge in [-0.25, -0.2) is 0 Å². The molecular weight excluding hydrogens is 324 g/mol. The minimum absolute atomic E-state index is 0.107. The predicted octanol–water partition coefficient (Wildman–Crippen LogP) is 3.57. The van der Waals surface area contributed by atoms with E-state index in [1.54, 1.807) is 18.4 Å². The van der Waals surface area contributed by atoms with Crippen LogP contribution < -0.4 is 16.0 Å². The van der Waals surface area contributed by atoms with Gasteiger partial charge >= 0.3 is 0 Å². The Morgan fingerprint density at radius 3 is 2.68 bits per heavy atom. The maximum atomic E-state index is 5.69. The lowest BCUT2D eigenvalue weighted by atomic mass is 10.0. The molecule has 1 heterocycles. The van der Waals surface area contributed by atoms with Crippen molar-refractivity contribution in [3.8, 4) is 5.75 Å². The van der Waals surface area contributed by atoms with Crippen LogP contribution in [0.15, 0.2) is 34.1 Å². The first kappa shape index (κ1) is 14.5. The third-order valence-corrected chi connectivity index (χ3v) is 4.70. The molecule has 0 radical (unpaired) electrons. The highest BCUT2D eigenvalue weighted by molar-refractivity contribution is 9.11. The van der Waals surface area contributed by atoms with Crippen molar-refractivity contribution in [3.63, 3.8) is 0 Å². The monoisotopic (exact) mass is 340 g/mol. The summed E-state index contributed by atoms with van der Waals surface area (Å²) < 4.78 is 6.42. The van der Waals surface area contributed by atoms with E-state index in [0.717, 1.165) is 21.5 Å². The molecule has 0 aliphatic rings. The Balaban J connectivity index is 2.19. The number of thiophene rings is 1. The van der Waals surface area contributed by atoms with Gasteiger partial charge in [-0.05, 0) is 52.2 Å². The lowest BCUT2D eigenvalue weighted by Gasteiger charge is -2.17. The van der Waals surface area contributed by atoms with E-state index in [1.165, 1.54) is 10.4 Å². The van der Waals surface area contributed by atoms with Crippen molar-refractivity contribution in [2.24, 2.45) is 5.84 Å². The van der Waals surface area contributed by atoms with E-state index in [-0.39, 0.29) is 6.04 Å². The van der Waals surface area contributed by atoms with Crippen molar-refractivity contribution in [3.05, 3.63) is 50.1 Å². The number of methoxy groups -OCH3 is 1. The van der Waals surface area contributed by atoms with Gasteiger partial charge in [0.1, 0.15) is 5.75 Å². The number of aryl methyl sites for hydroxylation is 1. The molecule has 1 aromatic carbocycles. The molecule has 3 nitrogen and oxygen atoms in total. The first-order valence-corrected chi connectivity index (χ1v) is 7.60. The SMILES string of the molecule is COc1ccc(C(Cc2ccc(Br)s2)NN)cc1C. The van der Waals surface area contributed by atoms with E-state index < -0.39 is 0 Å². The highest BCUT2D eigenvalue weighted by Crippen LogP contribution is 2.28. The van der Waals surface area contributed by atoms with Gasteiger partial charge in [0.25, 0.3) is 0 Å². The van der Waals surface area contributed by atoms with Crippen LogP contribution in [-0.4, -0.2) is 7.11 Å². The van der Waals surface area contributed by atoms with Gasteiger partial charge in [0.05, 0.1) is 16.9 Å². The fraction of sp³-hybridized carbons (Fsp3) is 0.286. The quantitative estimate of drug-likeness (QED) is 0.646. The molecule has 102 valence electrons. The zero-order valence-electron chi connectivity index (χ0n) is 10.9. The maximum absolute atomic E-state index is 5.69. The number of rotatable bonds is 5. The van der Waals surface area contributed by atoms with Gasteiger partial charge in [0, 0.05) is 11.3 Å². The highest BCUT2D eigenvalue weighted by Gasteiger charge is 2.13. The van der Waals surface area contributed by atoms with Crippen LogP contribution in [0.3, 0.4) is 0 Å². The molecule has 2 aromatic rings. The van der Waals surface area contributed by atoms with E-state index >= 15 is 0 Å². The second-order valence-electron chi connectivity index (χ2n) is 4.36. The van der Waals surface area contributed by atoms with E-state index in [0.29, 0.717) is 0 Å². The van der Waals surface area contributed by atoms with E-state index in [1.807, 2.05) is 13.0 Å². The van der Waals surface area contributed by atoms with Gasteiger partial charge < -0.3 is 4.74 Å². The van der Waals surface area contributed by atoms with E-state index in [2.05, 4.69) is 45.6 Å². The maximum Gasteiger partial charge on any atom is 0.121 e. The van der Waals surface area contributed by atoms with Crippen molar-refractivity contribution in [1.29, 1.82) is 0 Å². The van der Waals surface area contributed by atoms with Gasteiger partial charge in [-0.2, -0.15) is 0 Å². The number of hydrazine groups is 1. The third-order valence-electron chi connectivity index (χ3n) is 3.06. The predicted molar refractivity (Wildman–Crippen MR) is 83.5 cm³/mol. The van der Waals surface area contributed by atoms with Crippen molar-refractivity contribution >= 4 is 27.3 Å². The van der Waals surface area contributed by atoms with Crippen LogP contribution in [0.25, 0.3) is 0 Å². The van der Waals surface area contributed by atoms with Crippen molar-refractivity contribution < 1.29 is 4.74 Å². The van der Waals surface area contributed by atoms with Gasteiger partial charge in [0.15, 0.2) is 0 Å². The van der Waals surface area contributed by atoms with Crippen LogP contribution in [0, 0.1) is 6.92 Å². The molecule has 0 aliphatic heterocycles. The summed E-state index contributed by atoms with van der Waals surface area (Å²) >= 11 is 5.22. The van der Waals surface area contributed by atoms with E-state index in [4.69, 9.17) is 10.6 Å². The lowest BCUT2D eigenvalue weighted by Crippen LogP contribution is -2.29. The van der Waals surface area contributed by atoms with Crippen molar-refractivity contribution in [2.45, 2.75) is 19.4 Å². The largest absolute Gasteiger partial charge is 0.496 e.